The number of fused-ring (bicyclic) bond motifs is 1. The molecule has 13 nitrogen and oxygen atoms in total. The second kappa shape index (κ2) is 19.7. The molecule has 2 amide bonds. The summed E-state index contributed by atoms with van der Waals surface area (Å²) in [4.78, 5) is 56.1. The van der Waals surface area contributed by atoms with Gasteiger partial charge in [-0.1, -0.05) is 79.0 Å². The van der Waals surface area contributed by atoms with Gasteiger partial charge < -0.3 is 24.6 Å². The van der Waals surface area contributed by atoms with Gasteiger partial charge in [-0.05, 0) is 71.1 Å². The van der Waals surface area contributed by atoms with Crippen molar-refractivity contribution in [3.8, 4) is 0 Å². The summed E-state index contributed by atoms with van der Waals surface area (Å²) in [6.45, 7) is 8.56. The topological polar surface area (TPSA) is 168 Å². The Morgan fingerprint density at radius 2 is 1.73 bits per heavy atom. The lowest BCUT2D eigenvalue weighted by molar-refractivity contribution is -0.172. The number of aliphatic hydroxyl groups is 1. The number of aromatic nitrogens is 1. The molecule has 0 radical (unpaired) electrons. The number of pyridine rings is 1. The summed E-state index contributed by atoms with van der Waals surface area (Å²) in [7, 11) is 0. The van der Waals surface area contributed by atoms with Crippen LogP contribution in [-0.4, -0.2) is 99.3 Å². The molecule has 4 N–H and O–H groups in total. The third-order valence-corrected chi connectivity index (χ3v) is 8.84. The maximum atomic E-state index is 14.6. The van der Waals surface area contributed by atoms with E-state index < -0.39 is 95.1 Å². The van der Waals surface area contributed by atoms with Gasteiger partial charge in [-0.25, -0.2) is 19.0 Å². The largest absolute Gasteiger partial charge is 0.460 e. The Balaban J connectivity index is 1.70. The van der Waals surface area contributed by atoms with Gasteiger partial charge in [0, 0.05) is 11.9 Å². The Labute approximate surface area is 334 Å². The normalized spacial score (nSPS) is 17.8. The van der Waals surface area contributed by atoms with E-state index in [4.69, 9.17) is 49.0 Å². The molecule has 1 unspecified atom stereocenters. The van der Waals surface area contributed by atoms with Crippen molar-refractivity contribution < 1.29 is 47.3 Å². The molecule has 0 saturated carbocycles. The van der Waals surface area contributed by atoms with Crippen LogP contribution < -0.4 is 16.1 Å². The number of carbonyl (C=O) groups excluding carboxylic acids is 4. The Bertz CT molecular complexity index is 1690. The van der Waals surface area contributed by atoms with E-state index in [1.165, 1.54) is 18.0 Å². The highest BCUT2D eigenvalue weighted by atomic mass is 35.6. The molecule has 1 aliphatic heterocycles. The molecule has 55 heavy (non-hydrogen) atoms. The molecule has 1 aromatic carbocycles. The molecule has 306 valence electrons. The minimum atomic E-state index is -2.35. The van der Waals surface area contributed by atoms with Gasteiger partial charge in [0.15, 0.2) is 0 Å². The van der Waals surface area contributed by atoms with E-state index in [0.717, 1.165) is 11.5 Å². The van der Waals surface area contributed by atoms with Crippen LogP contribution in [0.2, 0.25) is 0 Å². The minimum absolute atomic E-state index is 0.235. The molecule has 5 atom stereocenters. The molecule has 1 aromatic heterocycles. The summed E-state index contributed by atoms with van der Waals surface area (Å²) in [6.07, 6.45) is -0.312. The second-order valence-corrected chi connectivity index (χ2v) is 17.3. The van der Waals surface area contributed by atoms with Crippen LogP contribution in [0.15, 0.2) is 36.4 Å². The number of alkyl carbamates (subject to hydrolysis) is 1. The highest BCUT2D eigenvalue weighted by Crippen LogP contribution is 2.29. The first-order chi connectivity index (χ1) is 25.6. The first-order valence-corrected chi connectivity index (χ1v) is 18.9. The molecule has 1 aliphatic rings. The number of ether oxygens (including phenoxy) is 3. The zero-order valence-corrected chi connectivity index (χ0v) is 34.1. The average Bonchev–Trinajstić information content (AvgIpc) is 3.11. The van der Waals surface area contributed by atoms with E-state index in [2.05, 4.69) is 21.0 Å². The zero-order chi connectivity index (χ0) is 41.3. The highest BCUT2D eigenvalue weighted by molar-refractivity contribution is 6.67. The first-order valence-electron chi connectivity index (χ1n) is 17.8. The number of rotatable bonds is 15. The summed E-state index contributed by atoms with van der Waals surface area (Å²) in [5, 5.41) is 18.5. The summed E-state index contributed by atoms with van der Waals surface area (Å²) in [5.74, 6) is -3.10. The van der Waals surface area contributed by atoms with Crippen LogP contribution in [0.1, 0.15) is 78.6 Å². The van der Waals surface area contributed by atoms with E-state index in [1.807, 2.05) is 6.07 Å². The van der Waals surface area contributed by atoms with Crippen molar-refractivity contribution in [1.82, 2.24) is 26.1 Å². The second-order valence-electron chi connectivity index (χ2n) is 14.8. The molecule has 3 rings (SSSR count). The van der Waals surface area contributed by atoms with Crippen molar-refractivity contribution in [3.63, 3.8) is 0 Å². The Morgan fingerprint density at radius 3 is 2.33 bits per heavy atom. The van der Waals surface area contributed by atoms with Gasteiger partial charge in [0.1, 0.15) is 49.3 Å². The number of benzene rings is 1. The van der Waals surface area contributed by atoms with Gasteiger partial charge in [-0.3, -0.25) is 29.7 Å². The number of hydrogen-bond donors (Lipinski definition) is 4. The van der Waals surface area contributed by atoms with Crippen LogP contribution >= 0.6 is 34.8 Å². The molecule has 0 bridgehead atoms. The molecule has 18 heteroatoms. The Hall–Kier alpha value is -3.34. The van der Waals surface area contributed by atoms with Gasteiger partial charge in [0.2, 0.25) is 3.79 Å². The minimum Gasteiger partial charge on any atom is -0.460 e. The van der Waals surface area contributed by atoms with Crippen molar-refractivity contribution in [1.29, 1.82) is 0 Å². The summed E-state index contributed by atoms with van der Waals surface area (Å²) >= 11 is 17.0. The van der Waals surface area contributed by atoms with E-state index >= 15 is 0 Å². The molecule has 1 fully saturated rings. The van der Waals surface area contributed by atoms with Crippen LogP contribution in [-0.2, 0) is 28.6 Å². The van der Waals surface area contributed by atoms with Crippen LogP contribution in [0.5, 0.6) is 0 Å². The number of hydrazine groups is 1. The molecule has 0 aliphatic carbocycles. The van der Waals surface area contributed by atoms with Gasteiger partial charge in [-0.2, -0.15) is 0 Å². The fourth-order valence-corrected chi connectivity index (χ4v) is 5.61. The van der Waals surface area contributed by atoms with E-state index in [0.29, 0.717) is 29.6 Å². The number of nitrogens with one attached hydrogen (secondary N) is 3. The molecule has 0 spiro atoms. The van der Waals surface area contributed by atoms with Crippen LogP contribution in [0.3, 0.4) is 0 Å². The predicted octanol–water partition coefficient (Wildman–Crippen LogP) is 6.03. The first kappa shape index (κ1) is 46.0. The fraction of sp³-hybridized carbons (Fsp3) is 0.595. The van der Waals surface area contributed by atoms with Crippen molar-refractivity contribution in [3.05, 3.63) is 47.7 Å². The summed E-state index contributed by atoms with van der Waals surface area (Å²) in [6, 6.07) is 6.22. The Kier molecular flexibility index (Phi) is 16.5. The Morgan fingerprint density at radius 1 is 1.07 bits per heavy atom. The lowest BCUT2D eigenvalue weighted by atomic mass is 9.89. The molecule has 2 heterocycles. The average molecular weight is 837 g/mol. The van der Waals surface area contributed by atoms with Gasteiger partial charge in [0.25, 0.3) is 5.91 Å². The van der Waals surface area contributed by atoms with Crippen LogP contribution in [0.4, 0.5) is 13.6 Å². The SMILES string of the molecule is CC(C)[C@H](OC(=O)C(/C=C/c1ccc2ccc([C@@H](C)NC(=O)OC(C)(C)C)nc2c1)(CF)CF)C(O)N[C@@H](C)C(=O)N1CCC[C@@H](C(=O)OCC(Cl)(Cl)Cl)N1. The number of esters is 2. The number of amides is 2. The van der Waals surface area contributed by atoms with E-state index in [-0.39, 0.29) is 6.54 Å². The number of aliphatic hydroxyl groups excluding tert-OH is 1. The number of carbonyl (C=O) groups is 4. The molecule has 1 saturated heterocycles. The number of alkyl halides is 5. The van der Waals surface area contributed by atoms with Crippen molar-refractivity contribution >= 4 is 75.7 Å². The number of nitrogens with zero attached hydrogens (tertiary/aromatic N) is 2. The monoisotopic (exact) mass is 835 g/mol. The van der Waals surface area contributed by atoms with Crippen molar-refractivity contribution in [2.45, 2.75) is 101 Å². The summed E-state index contributed by atoms with van der Waals surface area (Å²) in [5.41, 5.74) is 1.30. The van der Waals surface area contributed by atoms with E-state index in [1.54, 1.807) is 65.8 Å². The standard InChI is InChI=1S/C37H50Cl3F2N5O8/c1-21(2)29(30(48)43-23(4)31(49)47-16-8-9-27(46-47)32(50)53-20-37(38,39)40)54-33(51)36(18-41,19-42)15-14-24-10-11-25-12-13-26(45-28(25)17-24)22(3)44-34(52)55-35(5,6)7/h10-15,17,21-23,27,29-30,43,46,48H,8-9,16,18-20H2,1-7H3,(H,44,52)/b15-14+/t22-,23+,27+,29+,30?/m1/s1. The van der Waals surface area contributed by atoms with Gasteiger partial charge in [0.05, 0.1) is 23.3 Å². The van der Waals surface area contributed by atoms with Gasteiger partial charge >= 0.3 is 18.0 Å². The number of halogens is 5. The van der Waals surface area contributed by atoms with Crippen molar-refractivity contribution in [2.75, 3.05) is 26.5 Å². The smallest absolute Gasteiger partial charge is 0.408 e. The zero-order valence-electron chi connectivity index (χ0n) is 31.8. The maximum absolute atomic E-state index is 14.6. The number of hydrogen-bond acceptors (Lipinski definition) is 11. The summed E-state index contributed by atoms with van der Waals surface area (Å²) < 4.78 is 43.3. The highest BCUT2D eigenvalue weighted by Gasteiger charge is 2.42. The maximum Gasteiger partial charge on any atom is 0.408 e. The van der Waals surface area contributed by atoms with E-state index in [9.17, 15) is 33.1 Å². The van der Waals surface area contributed by atoms with Crippen LogP contribution in [0.25, 0.3) is 17.0 Å². The fourth-order valence-electron chi connectivity index (χ4n) is 5.44. The molecular weight excluding hydrogens is 787 g/mol. The third kappa shape index (κ3) is 13.7. The molecule has 2 aromatic rings. The van der Waals surface area contributed by atoms with Gasteiger partial charge in [-0.15, -0.1) is 0 Å². The lowest BCUT2D eigenvalue weighted by Crippen LogP contribution is -2.61. The lowest BCUT2D eigenvalue weighted by Gasteiger charge is -2.36. The quantitative estimate of drug-likeness (QED) is 0.0716. The third-order valence-electron chi connectivity index (χ3n) is 8.51. The molecular formula is C37H50Cl3F2N5O8. The van der Waals surface area contributed by atoms with Crippen LogP contribution in [0, 0.1) is 11.3 Å². The predicted molar refractivity (Wildman–Crippen MR) is 205 cm³/mol. The van der Waals surface area contributed by atoms with Crippen molar-refractivity contribution in [2.24, 2.45) is 11.3 Å².